The predicted octanol–water partition coefficient (Wildman–Crippen LogP) is 2.30. The summed E-state index contributed by atoms with van der Waals surface area (Å²) in [5.74, 6) is 1.56. The molecule has 1 saturated heterocycles. The van der Waals surface area contributed by atoms with Crippen molar-refractivity contribution in [2.75, 3.05) is 37.7 Å². The van der Waals surface area contributed by atoms with Gasteiger partial charge < -0.3 is 25.2 Å². The normalized spacial score (nSPS) is 15.4. The second-order valence-corrected chi connectivity index (χ2v) is 8.84. The van der Waals surface area contributed by atoms with Crippen LogP contribution in [0.4, 0.5) is 5.95 Å². The Morgan fingerprint density at radius 2 is 2.00 bits per heavy atom. The van der Waals surface area contributed by atoms with E-state index in [-0.39, 0.29) is 12.5 Å². The van der Waals surface area contributed by atoms with Crippen LogP contribution in [0.15, 0.2) is 18.5 Å². The van der Waals surface area contributed by atoms with Crippen molar-refractivity contribution >= 4 is 23.5 Å². The zero-order chi connectivity index (χ0) is 23.8. The number of aliphatic hydroxyl groups excluding tert-OH is 2. The molecule has 1 aliphatic rings. The number of ether oxygens (including phenoxy) is 1. The number of carbonyl (C=O) groups is 1. The number of aryl methyl sites for hydroxylation is 2. The lowest BCUT2D eigenvalue weighted by molar-refractivity contribution is 0.0801. The van der Waals surface area contributed by atoms with Crippen LogP contribution in [0.3, 0.4) is 0 Å². The highest BCUT2D eigenvalue weighted by molar-refractivity contribution is 6.30. The van der Waals surface area contributed by atoms with Gasteiger partial charge in [-0.05, 0) is 51.0 Å². The Hall–Kier alpha value is -2.49. The quantitative estimate of drug-likeness (QED) is 0.446. The van der Waals surface area contributed by atoms with Crippen molar-refractivity contribution in [2.45, 2.75) is 45.6 Å². The van der Waals surface area contributed by atoms with E-state index in [9.17, 15) is 9.90 Å². The third-order valence-electron chi connectivity index (χ3n) is 5.82. The number of nitrogens with zero attached hydrogens (tertiary/aromatic N) is 4. The van der Waals surface area contributed by atoms with Crippen molar-refractivity contribution < 1.29 is 19.7 Å². The van der Waals surface area contributed by atoms with Crippen LogP contribution in [-0.4, -0.2) is 70.0 Å². The van der Waals surface area contributed by atoms with Gasteiger partial charge in [-0.25, -0.2) is 15.0 Å². The molecule has 1 fully saturated rings. The van der Waals surface area contributed by atoms with Gasteiger partial charge in [-0.3, -0.25) is 4.79 Å². The minimum absolute atomic E-state index is 0.0158. The third kappa shape index (κ3) is 7.25. The molecular weight excluding hydrogens is 446 g/mol. The van der Waals surface area contributed by atoms with Gasteiger partial charge in [-0.15, -0.1) is 0 Å². The van der Waals surface area contributed by atoms with Gasteiger partial charge in [0.25, 0.3) is 5.91 Å². The first kappa shape index (κ1) is 25.1. The molecule has 1 aliphatic heterocycles. The molecule has 0 aliphatic carbocycles. The van der Waals surface area contributed by atoms with Gasteiger partial charge in [0.2, 0.25) is 11.8 Å². The summed E-state index contributed by atoms with van der Waals surface area (Å²) in [6.07, 6.45) is 6.48. The van der Waals surface area contributed by atoms with Crippen LogP contribution in [0.25, 0.3) is 0 Å². The average molecular weight is 478 g/mol. The molecule has 3 rings (SSSR count). The standard InChI is InChI=1S/C23H32ClN5O4/c1-15-10-20(28-16(2)21(15)22(32)25-13-19(31)14-30)33-9-3-4-17-5-7-29(8-6-17)23-26-11-18(24)12-27-23/h10-12,17,19,30-31H,3-9,13-14H2,1-2H3,(H,25,32)/t19-/m1/s1. The zero-order valence-electron chi connectivity index (χ0n) is 19.1. The lowest BCUT2D eigenvalue weighted by Crippen LogP contribution is -2.35. The monoisotopic (exact) mass is 477 g/mol. The first-order valence-electron chi connectivity index (χ1n) is 11.3. The second kappa shape index (κ2) is 12.1. The number of halogens is 1. The number of aromatic nitrogens is 3. The molecule has 3 heterocycles. The van der Waals surface area contributed by atoms with Gasteiger partial charge in [0.1, 0.15) is 0 Å². The highest BCUT2D eigenvalue weighted by atomic mass is 35.5. The number of nitrogens with one attached hydrogen (secondary N) is 1. The van der Waals surface area contributed by atoms with E-state index in [1.54, 1.807) is 25.4 Å². The Balaban J connectivity index is 1.41. The van der Waals surface area contributed by atoms with Crippen LogP contribution in [0.5, 0.6) is 5.88 Å². The number of amides is 1. The molecule has 2 aromatic rings. The first-order valence-corrected chi connectivity index (χ1v) is 11.7. The molecule has 0 radical (unpaired) electrons. The molecule has 33 heavy (non-hydrogen) atoms. The summed E-state index contributed by atoms with van der Waals surface area (Å²) in [4.78, 5) is 27.6. The van der Waals surface area contributed by atoms with Gasteiger partial charge in [0, 0.05) is 25.7 Å². The van der Waals surface area contributed by atoms with Crippen LogP contribution in [0.2, 0.25) is 5.02 Å². The van der Waals surface area contributed by atoms with Crippen molar-refractivity contribution in [3.8, 4) is 5.88 Å². The maximum absolute atomic E-state index is 12.4. The Kier molecular flexibility index (Phi) is 9.22. The van der Waals surface area contributed by atoms with Gasteiger partial charge in [0.15, 0.2) is 0 Å². The topological polar surface area (TPSA) is 121 Å². The Labute approximate surface area is 199 Å². The minimum Gasteiger partial charge on any atom is -0.478 e. The molecule has 0 unspecified atom stereocenters. The Morgan fingerprint density at radius 3 is 2.64 bits per heavy atom. The summed E-state index contributed by atoms with van der Waals surface area (Å²) in [5, 5.41) is 21.4. The van der Waals surface area contributed by atoms with Crippen molar-refractivity contribution in [3.05, 3.63) is 40.3 Å². The van der Waals surface area contributed by atoms with E-state index in [2.05, 4.69) is 25.2 Å². The molecule has 3 N–H and O–H groups in total. The minimum atomic E-state index is -0.983. The summed E-state index contributed by atoms with van der Waals surface area (Å²) in [7, 11) is 0. The number of carbonyl (C=O) groups excluding carboxylic acids is 1. The molecule has 1 amide bonds. The molecule has 10 heteroatoms. The maximum atomic E-state index is 12.4. The fraction of sp³-hybridized carbons (Fsp3) is 0.565. The molecule has 180 valence electrons. The smallest absolute Gasteiger partial charge is 0.253 e. The van der Waals surface area contributed by atoms with Crippen molar-refractivity contribution in [1.82, 2.24) is 20.3 Å². The van der Waals surface area contributed by atoms with E-state index < -0.39 is 12.7 Å². The number of anilines is 1. The van der Waals surface area contributed by atoms with Crippen molar-refractivity contribution in [1.29, 1.82) is 0 Å². The largest absolute Gasteiger partial charge is 0.478 e. The first-order chi connectivity index (χ1) is 15.9. The molecule has 2 aromatic heterocycles. The molecular formula is C23H32ClN5O4. The van der Waals surface area contributed by atoms with E-state index in [1.807, 2.05) is 6.92 Å². The summed E-state index contributed by atoms with van der Waals surface area (Å²) in [6.45, 7) is 5.61. The van der Waals surface area contributed by atoms with Crippen LogP contribution in [-0.2, 0) is 0 Å². The fourth-order valence-electron chi connectivity index (χ4n) is 4.02. The summed E-state index contributed by atoms with van der Waals surface area (Å²) in [5.41, 5.74) is 1.78. The average Bonchev–Trinajstić information content (AvgIpc) is 2.81. The van der Waals surface area contributed by atoms with Crippen LogP contribution in [0, 0.1) is 19.8 Å². The molecule has 0 bridgehead atoms. The van der Waals surface area contributed by atoms with Crippen LogP contribution in [0.1, 0.15) is 47.3 Å². The van der Waals surface area contributed by atoms with Crippen molar-refractivity contribution in [2.24, 2.45) is 5.92 Å². The molecule has 1 atom stereocenters. The zero-order valence-corrected chi connectivity index (χ0v) is 19.9. The number of aliphatic hydroxyl groups is 2. The number of hydrogen-bond donors (Lipinski definition) is 3. The van der Waals surface area contributed by atoms with Crippen LogP contribution < -0.4 is 15.0 Å². The summed E-state index contributed by atoms with van der Waals surface area (Å²) in [6, 6.07) is 1.76. The molecule has 9 nitrogen and oxygen atoms in total. The highest BCUT2D eigenvalue weighted by Crippen LogP contribution is 2.25. The third-order valence-corrected chi connectivity index (χ3v) is 6.02. The molecule has 0 spiro atoms. The predicted molar refractivity (Wildman–Crippen MR) is 126 cm³/mol. The van der Waals surface area contributed by atoms with E-state index >= 15 is 0 Å². The van der Waals surface area contributed by atoms with E-state index in [0.717, 1.165) is 50.3 Å². The maximum Gasteiger partial charge on any atom is 0.253 e. The summed E-state index contributed by atoms with van der Waals surface area (Å²) >= 11 is 5.86. The van der Waals surface area contributed by atoms with E-state index in [1.165, 1.54) is 0 Å². The lowest BCUT2D eigenvalue weighted by Gasteiger charge is -2.31. The van der Waals surface area contributed by atoms with Gasteiger partial charge in [0.05, 0.1) is 48.0 Å². The Morgan fingerprint density at radius 1 is 1.30 bits per heavy atom. The highest BCUT2D eigenvalue weighted by Gasteiger charge is 2.21. The van der Waals surface area contributed by atoms with E-state index in [4.69, 9.17) is 21.4 Å². The van der Waals surface area contributed by atoms with Crippen LogP contribution >= 0.6 is 11.6 Å². The SMILES string of the molecule is Cc1cc(OCCCC2CCN(c3ncc(Cl)cn3)CC2)nc(C)c1C(=O)NC[C@@H](O)CO. The number of hydrogen-bond acceptors (Lipinski definition) is 8. The summed E-state index contributed by atoms with van der Waals surface area (Å²) < 4.78 is 5.85. The van der Waals surface area contributed by atoms with Crippen molar-refractivity contribution in [3.63, 3.8) is 0 Å². The van der Waals surface area contributed by atoms with Gasteiger partial charge in [-0.1, -0.05) is 11.6 Å². The molecule has 0 aromatic carbocycles. The van der Waals surface area contributed by atoms with Gasteiger partial charge in [-0.2, -0.15) is 0 Å². The lowest BCUT2D eigenvalue weighted by atomic mass is 9.92. The second-order valence-electron chi connectivity index (χ2n) is 8.41. The number of piperidine rings is 1. The van der Waals surface area contributed by atoms with E-state index in [0.29, 0.717) is 34.7 Å². The van der Waals surface area contributed by atoms with Gasteiger partial charge >= 0.3 is 0 Å². The number of pyridine rings is 1. The fourth-order valence-corrected chi connectivity index (χ4v) is 4.11. The Bertz CT molecular complexity index is 897. The number of rotatable bonds is 10. The molecule has 0 saturated carbocycles.